The zero-order valence-corrected chi connectivity index (χ0v) is 19.6. The molecule has 0 N–H and O–H groups in total. The Kier molecular flexibility index (Phi) is 5.09. The summed E-state index contributed by atoms with van der Waals surface area (Å²) in [5.41, 5.74) is 2.90. The topological polar surface area (TPSA) is 82.0 Å². The van der Waals surface area contributed by atoms with Gasteiger partial charge in [0.1, 0.15) is 5.82 Å². The molecule has 0 saturated carbocycles. The van der Waals surface area contributed by atoms with E-state index in [4.69, 9.17) is 11.7 Å². The minimum Gasteiger partial charge on any atom is -0.312 e. The van der Waals surface area contributed by atoms with Crippen LogP contribution in [0.3, 0.4) is 0 Å². The van der Waals surface area contributed by atoms with Gasteiger partial charge < -0.3 is 4.57 Å². The van der Waals surface area contributed by atoms with Crippen molar-refractivity contribution in [2.24, 2.45) is 24.3 Å². The molecule has 3 rings (SSSR count). The molecule has 3 aromatic rings. The Labute approximate surface area is 177 Å². The van der Waals surface area contributed by atoms with Gasteiger partial charge in [0.2, 0.25) is 0 Å². The smallest absolute Gasteiger partial charge is 0.255 e. The molecule has 0 spiro atoms. The van der Waals surface area contributed by atoms with E-state index in [0.29, 0.717) is 22.9 Å². The van der Waals surface area contributed by atoms with Crippen LogP contribution in [0.2, 0.25) is 0 Å². The van der Waals surface area contributed by atoms with E-state index in [9.17, 15) is 0 Å². The van der Waals surface area contributed by atoms with Gasteiger partial charge in [-0.15, -0.1) is 20.0 Å². The molecule has 9 heteroatoms. The lowest BCUT2D eigenvalue weighted by molar-refractivity contribution is 0.554. The second-order valence-corrected chi connectivity index (χ2v) is 10.0. The number of fused-ring (bicyclic) bond motifs is 1. The van der Waals surface area contributed by atoms with Crippen LogP contribution in [-0.4, -0.2) is 29.2 Å². The van der Waals surface area contributed by atoms with Crippen LogP contribution in [0, 0.1) is 6.57 Å². The molecular formula is C21H31N9. The van der Waals surface area contributed by atoms with Crippen LogP contribution < -0.4 is 0 Å². The predicted octanol–water partition coefficient (Wildman–Crippen LogP) is 5.49. The highest BCUT2D eigenvalue weighted by Gasteiger charge is 2.29. The van der Waals surface area contributed by atoms with Crippen molar-refractivity contribution < 1.29 is 0 Å². The molecule has 0 aliphatic carbocycles. The van der Waals surface area contributed by atoms with E-state index in [2.05, 4.69) is 59.9 Å². The van der Waals surface area contributed by atoms with Gasteiger partial charge in [-0.25, -0.2) is 4.85 Å². The van der Waals surface area contributed by atoms with E-state index in [1.807, 2.05) is 32.4 Å². The van der Waals surface area contributed by atoms with Crippen LogP contribution in [0.25, 0.3) is 10.5 Å². The normalized spacial score (nSPS) is 13.1. The quantitative estimate of drug-likeness (QED) is 0.424. The summed E-state index contributed by atoms with van der Waals surface area (Å²) in [6, 6.07) is 0. The van der Waals surface area contributed by atoms with Crippen LogP contribution in [0.15, 0.2) is 10.2 Å². The van der Waals surface area contributed by atoms with Crippen molar-refractivity contribution >= 4 is 22.8 Å². The van der Waals surface area contributed by atoms with Crippen molar-refractivity contribution in [2.45, 2.75) is 72.1 Å². The molecule has 0 aliphatic heterocycles. The minimum absolute atomic E-state index is 0.244. The Balaban J connectivity index is 2.24. The maximum Gasteiger partial charge on any atom is 0.255 e. The van der Waals surface area contributed by atoms with Gasteiger partial charge in [0.25, 0.3) is 5.69 Å². The maximum absolute atomic E-state index is 7.67. The summed E-state index contributed by atoms with van der Waals surface area (Å²) in [4.78, 5) is 3.71. The average Bonchev–Trinajstić information content (AvgIpc) is 3.23. The standard InChI is InChI=1S/C21H31N9/c1-12(2)17-27-30-19(28(17)10)14(16(26-30)21(6,7)8)23-24-18-13(22-9)15(20(3,4)5)25-29(18)11/h12H,1-8,10-11H3. The summed E-state index contributed by atoms with van der Waals surface area (Å²) in [7, 11) is 3.76. The number of aromatic nitrogens is 6. The molecule has 0 aliphatic rings. The third-order valence-corrected chi connectivity index (χ3v) is 4.97. The molecule has 0 saturated heterocycles. The molecule has 30 heavy (non-hydrogen) atoms. The Morgan fingerprint density at radius 3 is 2.00 bits per heavy atom. The molecule has 0 aromatic carbocycles. The SMILES string of the molecule is [C-]#[N+]c1c(C(C)(C)C)nn(C)c1N=Nc1c(C(C)(C)C)nn2nc(C(C)C)n(C)c12. The fraction of sp³-hybridized carbons (Fsp3) is 0.619. The molecule has 3 aromatic heterocycles. The predicted molar refractivity (Wildman–Crippen MR) is 117 cm³/mol. The van der Waals surface area contributed by atoms with Gasteiger partial charge >= 0.3 is 0 Å². The first-order valence-corrected chi connectivity index (χ1v) is 10.1. The lowest BCUT2D eigenvalue weighted by Crippen LogP contribution is -2.13. The molecule has 3 heterocycles. The molecule has 0 atom stereocenters. The van der Waals surface area contributed by atoms with E-state index in [0.717, 1.165) is 17.2 Å². The van der Waals surface area contributed by atoms with Crippen molar-refractivity contribution in [1.29, 1.82) is 0 Å². The first-order chi connectivity index (χ1) is 13.8. The number of nitrogens with zero attached hydrogens (tertiary/aromatic N) is 9. The first-order valence-electron chi connectivity index (χ1n) is 10.1. The van der Waals surface area contributed by atoms with Crippen molar-refractivity contribution in [1.82, 2.24) is 29.2 Å². The van der Waals surface area contributed by atoms with E-state index in [1.54, 1.807) is 16.4 Å². The van der Waals surface area contributed by atoms with Gasteiger partial charge in [-0.2, -0.15) is 10.2 Å². The molecule has 0 amide bonds. The van der Waals surface area contributed by atoms with Crippen LogP contribution >= 0.6 is 0 Å². The fourth-order valence-electron chi connectivity index (χ4n) is 3.45. The zero-order chi connectivity index (χ0) is 22.6. The summed E-state index contributed by atoms with van der Waals surface area (Å²) in [6.45, 7) is 24.2. The van der Waals surface area contributed by atoms with Crippen LogP contribution in [-0.2, 0) is 24.9 Å². The van der Waals surface area contributed by atoms with E-state index < -0.39 is 0 Å². The number of hydrogen-bond donors (Lipinski definition) is 0. The van der Waals surface area contributed by atoms with E-state index in [-0.39, 0.29) is 16.7 Å². The van der Waals surface area contributed by atoms with Gasteiger partial charge in [0.15, 0.2) is 17.2 Å². The number of aryl methyl sites for hydroxylation is 2. The lowest BCUT2D eigenvalue weighted by Gasteiger charge is -2.15. The first kappa shape index (κ1) is 21.7. The monoisotopic (exact) mass is 409 g/mol. The van der Waals surface area contributed by atoms with Gasteiger partial charge in [-0.3, -0.25) is 4.68 Å². The molecule has 0 bridgehead atoms. The van der Waals surface area contributed by atoms with Crippen molar-refractivity contribution in [2.75, 3.05) is 0 Å². The number of rotatable bonds is 3. The zero-order valence-electron chi connectivity index (χ0n) is 19.6. The Morgan fingerprint density at radius 2 is 1.50 bits per heavy atom. The third-order valence-electron chi connectivity index (χ3n) is 4.97. The van der Waals surface area contributed by atoms with Crippen molar-refractivity contribution in [3.05, 3.63) is 28.6 Å². The van der Waals surface area contributed by atoms with Crippen molar-refractivity contribution in [3.8, 4) is 0 Å². The summed E-state index contributed by atoms with van der Waals surface area (Å²) < 4.78 is 5.28. The lowest BCUT2D eigenvalue weighted by atomic mass is 9.91. The highest BCUT2D eigenvalue weighted by molar-refractivity contribution is 5.70. The van der Waals surface area contributed by atoms with Crippen molar-refractivity contribution in [3.63, 3.8) is 0 Å². The van der Waals surface area contributed by atoms with Gasteiger partial charge in [-0.1, -0.05) is 55.4 Å². The number of azo groups is 1. The average molecular weight is 410 g/mol. The Morgan fingerprint density at radius 1 is 0.900 bits per heavy atom. The molecule has 0 radical (unpaired) electrons. The second-order valence-electron chi connectivity index (χ2n) is 10.0. The molecule has 9 nitrogen and oxygen atoms in total. The Bertz CT molecular complexity index is 1160. The van der Waals surface area contributed by atoms with Gasteiger partial charge in [0.05, 0.1) is 18.0 Å². The van der Waals surface area contributed by atoms with Crippen LogP contribution in [0.4, 0.5) is 17.2 Å². The van der Waals surface area contributed by atoms with Gasteiger partial charge in [-0.05, 0) is 5.41 Å². The summed E-state index contributed by atoms with van der Waals surface area (Å²) >= 11 is 0. The highest BCUT2D eigenvalue weighted by Crippen LogP contribution is 2.41. The molecular weight excluding hydrogens is 378 g/mol. The van der Waals surface area contributed by atoms with E-state index in [1.165, 1.54) is 0 Å². The highest BCUT2D eigenvalue weighted by atomic mass is 15.5. The molecule has 160 valence electrons. The van der Waals surface area contributed by atoms with Crippen LogP contribution in [0.1, 0.15) is 78.5 Å². The molecule has 0 fully saturated rings. The fourth-order valence-corrected chi connectivity index (χ4v) is 3.45. The van der Waals surface area contributed by atoms with Crippen LogP contribution in [0.5, 0.6) is 0 Å². The number of hydrogen-bond acceptors (Lipinski definition) is 5. The Hall–Kier alpha value is -3.02. The maximum atomic E-state index is 7.67. The second kappa shape index (κ2) is 7.04. The summed E-state index contributed by atoms with van der Waals surface area (Å²) in [6.07, 6.45) is 0. The summed E-state index contributed by atoms with van der Waals surface area (Å²) in [5.74, 6) is 1.62. The van der Waals surface area contributed by atoms with E-state index >= 15 is 0 Å². The largest absolute Gasteiger partial charge is 0.312 e. The minimum atomic E-state index is -0.263. The molecule has 0 unspecified atom stereocenters. The summed E-state index contributed by atoms with van der Waals surface area (Å²) in [5, 5.41) is 23.0. The van der Waals surface area contributed by atoms with Gasteiger partial charge in [0, 0.05) is 25.4 Å². The third kappa shape index (κ3) is 3.51.